The molecule has 1 unspecified atom stereocenters. The van der Waals surface area contributed by atoms with Gasteiger partial charge in [0.25, 0.3) is 0 Å². The van der Waals surface area contributed by atoms with Gasteiger partial charge in [-0.2, -0.15) is 5.26 Å². The van der Waals surface area contributed by atoms with E-state index in [0.717, 1.165) is 30.7 Å². The van der Waals surface area contributed by atoms with Gasteiger partial charge in [0.15, 0.2) is 0 Å². The fraction of sp³-hybridized carbons (Fsp3) is 0.500. The summed E-state index contributed by atoms with van der Waals surface area (Å²) in [6.45, 7) is 0.739. The molecule has 1 aromatic rings. The topological polar surface area (TPSA) is 44.1 Å². The molecule has 1 aromatic heterocycles. The van der Waals surface area contributed by atoms with E-state index in [9.17, 15) is 4.79 Å². The Morgan fingerprint density at radius 1 is 1.62 bits per heavy atom. The highest BCUT2D eigenvalue weighted by atomic mass is 32.1. The minimum Gasteiger partial charge on any atom is -0.326 e. The maximum Gasteiger partial charge on any atom is 0.228 e. The number of thiophene rings is 1. The molecule has 0 radical (unpaired) electrons. The number of nitriles is 1. The van der Waals surface area contributed by atoms with E-state index in [1.807, 2.05) is 17.5 Å². The highest BCUT2D eigenvalue weighted by molar-refractivity contribution is 7.10. The van der Waals surface area contributed by atoms with Gasteiger partial charge in [-0.1, -0.05) is 6.07 Å². The molecule has 0 aromatic carbocycles. The number of hydrogen-bond acceptors (Lipinski definition) is 3. The molecule has 0 bridgehead atoms. The van der Waals surface area contributed by atoms with Gasteiger partial charge in [0, 0.05) is 11.4 Å². The lowest BCUT2D eigenvalue weighted by Crippen LogP contribution is -2.43. The van der Waals surface area contributed by atoms with Gasteiger partial charge < -0.3 is 4.90 Å². The van der Waals surface area contributed by atoms with Gasteiger partial charge in [-0.05, 0) is 30.7 Å². The number of hydrogen-bond donors (Lipinski definition) is 0. The van der Waals surface area contributed by atoms with Crippen LogP contribution in [0.25, 0.3) is 0 Å². The number of carbonyl (C=O) groups is 1. The van der Waals surface area contributed by atoms with Crippen LogP contribution in [0, 0.1) is 11.3 Å². The molecule has 3 nitrogen and oxygen atoms in total. The smallest absolute Gasteiger partial charge is 0.228 e. The Balaban J connectivity index is 2.00. The Bertz CT molecular complexity index is 394. The molecular formula is C12H14N2OS. The molecule has 16 heavy (non-hydrogen) atoms. The van der Waals surface area contributed by atoms with Crippen molar-refractivity contribution in [1.29, 1.82) is 5.26 Å². The van der Waals surface area contributed by atoms with Crippen molar-refractivity contribution in [1.82, 2.24) is 4.90 Å². The molecule has 0 spiro atoms. The molecule has 2 heterocycles. The van der Waals surface area contributed by atoms with Crippen LogP contribution in [0.3, 0.4) is 0 Å². The zero-order chi connectivity index (χ0) is 11.4. The summed E-state index contributed by atoms with van der Waals surface area (Å²) in [5.41, 5.74) is 0. The van der Waals surface area contributed by atoms with Crippen molar-refractivity contribution in [3.63, 3.8) is 0 Å². The Labute approximate surface area is 99.3 Å². The molecule has 0 N–H and O–H groups in total. The van der Waals surface area contributed by atoms with Gasteiger partial charge in [-0.3, -0.25) is 4.79 Å². The molecule has 1 atom stereocenters. The Morgan fingerprint density at radius 2 is 2.50 bits per heavy atom. The molecule has 1 fully saturated rings. The standard InChI is InChI=1S/C12H14N2OS/c13-9-10-4-1-2-6-14(10)12(15)8-11-5-3-7-16-11/h3,5,7,10H,1-2,4,6,8H2. The molecule has 1 saturated heterocycles. The Morgan fingerprint density at radius 3 is 3.19 bits per heavy atom. The number of piperidine rings is 1. The first-order chi connectivity index (χ1) is 7.81. The minimum atomic E-state index is -0.207. The monoisotopic (exact) mass is 234 g/mol. The normalized spacial score (nSPS) is 20.4. The fourth-order valence-electron chi connectivity index (χ4n) is 2.03. The molecule has 4 heteroatoms. The summed E-state index contributed by atoms with van der Waals surface area (Å²) in [7, 11) is 0. The first kappa shape index (κ1) is 11.2. The Hall–Kier alpha value is -1.34. The first-order valence-corrected chi connectivity index (χ1v) is 6.40. The largest absolute Gasteiger partial charge is 0.326 e. The van der Waals surface area contributed by atoms with Crippen molar-refractivity contribution >= 4 is 17.2 Å². The van der Waals surface area contributed by atoms with Crippen LogP contribution in [0.2, 0.25) is 0 Å². The van der Waals surface area contributed by atoms with E-state index in [4.69, 9.17) is 5.26 Å². The zero-order valence-corrected chi connectivity index (χ0v) is 9.87. The van der Waals surface area contributed by atoms with Crippen LogP contribution in [-0.4, -0.2) is 23.4 Å². The van der Waals surface area contributed by atoms with Crippen LogP contribution in [0.1, 0.15) is 24.1 Å². The van der Waals surface area contributed by atoms with Gasteiger partial charge in [0.1, 0.15) is 6.04 Å². The average molecular weight is 234 g/mol. The van der Waals surface area contributed by atoms with Crippen LogP contribution in [0.15, 0.2) is 17.5 Å². The van der Waals surface area contributed by atoms with Crippen molar-refractivity contribution in [2.45, 2.75) is 31.7 Å². The molecule has 1 aliphatic heterocycles. The van der Waals surface area contributed by atoms with Gasteiger partial charge in [0.2, 0.25) is 5.91 Å². The van der Waals surface area contributed by atoms with Crippen molar-refractivity contribution in [2.24, 2.45) is 0 Å². The van der Waals surface area contributed by atoms with E-state index < -0.39 is 0 Å². The van der Waals surface area contributed by atoms with Gasteiger partial charge in [-0.15, -0.1) is 11.3 Å². The summed E-state index contributed by atoms with van der Waals surface area (Å²) in [5, 5.41) is 11.0. The van der Waals surface area contributed by atoms with Gasteiger partial charge in [-0.25, -0.2) is 0 Å². The second-order valence-corrected chi connectivity index (χ2v) is 5.02. The fourth-order valence-corrected chi connectivity index (χ4v) is 2.72. The number of rotatable bonds is 2. The summed E-state index contributed by atoms with van der Waals surface area (Å²) in [6, 6.07) is 5.93. The molecule has 84 valence electrons. The Kier molecular flexibility index (Phi) is 3.58. The molecule has 2 rings (SSSR count). The average Bonchev–Trinajstić information content (AvgIpc) is 2.81. The maximum absolute atomic E-state index is 12.0. The van der Waals surface area contributed by atoms with Crippen molar-refractivity contribution in [3.8, 4) is 6.07 Å². The molecule has 1 aliphatic rings. The number of carbonyl (C=O) groups excluding carboxylic acids is 1. The lowest BCUT2D eigenvalue weighted by atomic mass is 10.0. The van der Waals surface area contributed by atoms with Crippen LogP contribution in [-0.2, 0) is 11.2 Å². The van der Waals surface area contributed by atoms with Crippen LogP contribution in [0.4, 0.5) is 0 Å². The van der Waals surface area contributed by atoms with E-state index in [1.54, 1.807) is 16.2 Å². The highest BCUT2D eigenvalue weighted by Gasteiger charge is 2.26. The summed E-state index contributed by atoms with van der Waals surface area (Å²) in [4.78, 5) is 14.8. The van der Waals surface area contributed by atoms with Crippen molar-refractivity contribution in [3.05, 3.63) is 22.4 Å². The maximum atomic E-state index is 12.0. The first-order valence-electron chi connectivity index (χ1n) is 5.52. The van der Waals surface area contributed by atoms with E-state index in [-0.39, 0.29) is 11.9 Å². The van der Waals surface area contributed by atoms with Gasteiger partial charge >= 0.3 is 0 Å². The predicted molar refractivity (Wildman–Crippen MR) is 63.0 cm³/mol. The molecule has 0 saturated carbocycles. The summed E-state index contributed by atoms with van der Waals surface area (Å²) < 4.78 is 0. The lowest BCUT2D eigenvalue weighted by molar-refractivity contribution is -0.132. The SMILES string of the molecule is N#CC1CCCCN1C(=O)Cc1cccs1. The minimum absolute atomic E-state index is 0.0914. The van der Waals surface area contributed by atoms with E-state index in [1.165, 1.54) is 0 Å². The predicted octanol–water partition coefficient (Wildman–Crippen LogP) is 2.20. The highest BCUT2D eigenvalue weighted by Crippen LogP contribution is 2.18. The van der Waals surface area contributed by atoms with Crippen molar-refractivity contribution in [2.75, 3.05) is 6.54 Å². The lowest BCUT2D eigenvalue weighted by Gasteiger charge is -2.31. The third-order valence-corrected chi connectivity index (χ3v) is 3.75. The summed E-state index contributed by atoms with van der Waals surface area (Å²) in [6.07, 6.45) is 3.35. The van der Waals surface area contributed by atoms with Crippen LogP contribution in [0.5, 0.6) is 0 Å². The second kappa shape index (κ2) is 5.13. The van der Waals surface area contributed by atoms with Gasteiger partial charge in [0.05, 0.1) is 12.5 Å². The number of amides is 1. The van der Waals surface area contributed by atoms with Crippen LogP contribution >= 0.6 is 11.3 Å². The third-order valence-electron chi connectivity index (χ3n) is 2.88. The molecule has 1 amide bonds. The van der Waals surface area contributed by atoms with E-state index in [0.29, 0.717) is 6.42 Å². The molecule has 0 aliphatic carbocycles. The number of nitrogens with zero attached hydrogens (tertiary/aromatic N) is 2. The molecular weight excluding hydrogens is 220 g/mol. The summed E-state index contributed by atoms with van der Waals surface area (Å²) >= 11 is 1.59. The number of likely N-dealkylation sites (tertiary alicyclic amines) is 1. The second-order valence-electron chi connectivity index (χ2n) is 3.98. The zero-order valence-electron chi connectivity index (χ0n) is 9.06. The van der Waals surface area contributed by atoms with E-state index in [2.05, 4.69) is 6.07 Å². The van der Waals surface area contributed by atoms with E-state index >= 15 is 0 Å². The van der Waals surface area contributed by atoms with Crippen molar-refractivity contribution < 1.29 is 4.79 Å². The third kappa shape index (κ3) is 2.42. The van der Waals surface area contributed by atoms with Crippen LogP contribution < -0.4 is 0 Å². The quantitative estimate of drug-likeness (QED) is 0.787. The summed E-state index contributed by atoms with van der Waals surface area (Å²) in [5.74, 6) is 0.0914.